The topological polar surface area (TPSA) is 71.2 Å². The van der Waals surface area contributed by atoms with E-state index in [9.17, 15) is 9.59 Å². The van der Waals surface area contributed by atoms with Gasteiger partial charge in [-0.05, 0) is 42.2 Å². The van der Waals surface area contributed by atoms with Crippen molar-refractivity contribution in [2.24, 2.45) is 5.41 Å². The number of rotatable bonds is 4. The van der Waals surface area contributed by atoms with Crippen molar-refractivity contribution in [3.05, 3.63) is 45.7 Å². The van der Waals surface area contributed by atoms with Gasteiger partial charge in [0.15, 0.2) is 0 Å². The van der Waals surface area contributed by atoms with Crippen molar-refractivity contribution in [2.45, 2.75) is 31.4 Å². The Morgan fingerprint density at radius 3 is 2.96 bits per heavy atom. The highest BCUT2D eigenvalue weighted by Crippen LogP contribution is 2.61. The fraction of sp³-hybridized carbons (Fsp3) is 0.412. The Labute approximate surface area is 137 Å². The van der Waals surface area contributed by atoms with E-state index in [-0.39, 0.29) is 28.5 Å². The van der Waals surface area contributed by atoms with Crippen molar-refractivity contribution in [2.75, 3.05) is 7.11 Å². The lowest BCUT2D eigenvalue weighted by molar-refractivity contribution is -0.0140. The number of H-pyrrole nitrogens is 1. The summed E-state index contributed by atoms with van der Waals surface area (Å²) in [6.07, 6.45) is 4.96. The zero-order chi connectivity index (χ0) is 16.0. The van der Waals surface area contributed by atoms with Gasteiger partial charge in [-0.3, -0.25) is 9.59 Å². The highest BCUT2D eigenvalue weighted by Gasteiger charge is 2.62. The van der Waals surface area contributed by atoms with E-state index in [0.717, 1.165) is 29.7 Å². The van der Waals surface area contributed by atoms with E-state index in [1.807, 2.05) is 17.5 Å². The minimum Gasteiger partial charge on any atom is -0.381 e. The highest BCUT2D eigenvalue weighted by atomic mass is 32.1. The average Bonchev–Trinajstić information content (AvgIpc) is 2.95. The predicted molar refractivity (Wildman–Crippen MR) is 88.7 cm³/mol. The van der Waals surface area contributed by atoms with Crippen LogP contribution >= 0.6 is 11.3 Å². The Morgan fingerprint density at radius 2 is 2.26 bits per heavy atom. The van der Waals surface area contributed by atoms with Crippen LogP contribution in [0.2, 0.25) is 0 Å². The van der Waals surface area contributed by atoms with Gasteiger partial charge in [0.1, 0.15) is 5.56 Å². The summed E-state index contributed by atoms with van der Waals surface area (Å²) < 4.78 is 5.31. The molecule has 2 saturated carbocycles. The van der Waals surface area contributed by atoms with Gasteiger partial charge in [-0.15, -0.1) is 11.3 Å². The third kappa shape index (κ3) is 2.52. The molecule has 2 aliphatic rings. The number of carbonyl (C=O) groups is 1. The molecule has 0 aliphatic heterocycles. The van der Waals surface area contributed by atoms with Crippen LogP contribution in [0.1, 0.15) is 29.6 Å². The van der Waals surface area contributed by atoms with Gasteiger partial charge >= 0.3 is 0 Å². The van der Waals surface area contributed by atoms with Crippen molar-refractivity contribution < 1.29 is 9.53 Å². The minimum absolute atomic E-state index is 0.172. The number of ether oxygens (including phenoxy) is 1. The second-order valence-electron chi connectivity index (χ2n) is 6.47. The first-order valence-corrected chi connectivity index (χ1v) is 8.59. The number of aromatic amines is 1. The summed E-state index contributed by atoms with van der Waals surface area (Å²) in [5.41, 5.74) is 0.911. The number of pyridine rings is 1. The summed E-state index contributed by atoms with van der Waals surface area (Å²) in [7, 11) is 1.73. The summed E-state index contributed by atoms with van der Waals surface area (Å²) in [6, 6.07) is 5.76. The molecule has 0 bridgehead atoms. The number of thiophene rings is 1. The fourth-order valence-corrected chi connectivity index (χ4v) is 4.20. The van der Waals surface area contributed by atoms with E-state index in [0.29, 0.717) is 6.10 Å². The molecule has 2 aromatic rings. The number of methoxy groups -OCH3 is 1. The maximum atomic E-state index is 12.5. The van der Waals surface area contributed by atoms with Gasteiger partial charge in [-0.2, -0.15) is 0 Å². The minimum atomic E-state index is -0.346. The van der Waals surface area contributed by atoms with Crippen LogP contribution in [0, 0.1) is 5.41 Å². The van der Waals surface area contributed by atoms with Gasteiger partial charge in [0.2, 0.25) is 0 Å². The molecule has 1 spiro atoms. The number of carbonyl (C=O) groups excluding carboxylic acids is 1. The van der Waals surface area contributed by atoms with Gasteiger partial charge in [0, 0.05) is 29.8 Å². The second-order valence-corrected chi connectivity index (χ2v) is 7.41. The van der Waals surface area contributed by atoms with Gasteiger partial charge in [-0.25, -0.2) is 0 Å². The number of hydrogen-bond acceptors (Lipinski definition) is 4. The van der Waals surface area contributed by atoms with E-state index in [2.05, 4.69) is 10.3 Å². The quantitative estimate of drug-likeness (QED) is 0.904. The molecular weight excluding hydrogens is 312 g/mol. The van der Waals surface area contributed by atoms with Crippen LogP contribution in [-0.2, 0) is 4.74 Å². The number of amides is 1. The Bertz CT molecular complexity index is 790. The molecule has 0 aromatic carbocycles. The first-order valence-electron chi connectivity index (χ1n) is 7.71. The second kappa shape index (κ2) is 5.32. The van der Waals surface area contributed by atoms with Crippen molar-refractivity contribution in [1.29, 1.82) is 0 Å². The van der Waals surface area contributed by atoms with Crippen LogP contribution in [-0.4, -0.2) is 30.1 Å². The first kappa shape index (κ1) is 14.7. The molecule has 1 amide bonds. The lowest BCUT2D eigenvalue weighted by atomic mass is 9.78. The summed E-state index contributed by atoms with van der Waals surface area (Å²) >= 11 is 1.58. The molecule has 5 nitrogen and oxygen atoms in total. The molecule has 2 fully saturated rings. The maximum Gasteiger partial charge on any atom is 0.260 e. The van der Waals surface area contributed by atoms with Gasteiger partial charge in [0.05, 0.1) is 6.10 Å². The van der Waals surface area contributed by atoms with Crippen LogP contribution in [0.4, 0.5) is 0 Å². The molecule has 2 aliphatic carbocycles. The molecule has 4 rings (SSSR count). The molecule has 1 unspecified atom stereocenters. The van der Waals surface area contributed by atoms with Gasteiger partial charge in [0.25, 0.3) is 11.5 Å². The van der Waals surface area contributed by atoms with Gasteiger partial charge in [-0.1, -0.05) is 6.07 Å². The summed E-state index contributed by atoms with van der Waals surface area (Å²) in [5.74, 6) is -0.285. The molecule has 2 N–H and O–H groups in total. The van der Waals surface area contributed by atoms with Crippen LogP contribution < -0.4 is 10.9 Å². The molecular formula is C17H18N2O3S. The third-order valence-corrected chi connectivity index (χ3v) is 5.97. The summed E-state index contributed by atoms with van der Waals surface area (Å²) in [4.78, 5) is 28.1. The molecule has 2 aromatic heterocycles. The van der Waals surface area contributed by atoms with Crippen LogP contribution in [0.25, 0.3) is 10.4 Å². The highest BCUT2D eigenvalue weighted by molar-refractivity contribution is 7.13. The maximum absolute atomic E-state index is 12.5. The van der Waals surface area contributed by atoms with Crippen LogP contribution in [0.15, 0.2) is 34.6 Å². The SMILES string of the molecule is COC1CC2(C1)CC2NC(=O)c1cc(-c2cccs2)c[nH]c1=O. The van der Waals surface area contributed by atoms with E-state index in [4.69, 9.17) is 4.74 Å². The first-order chi connectivity index (χ1) is 11.1. The Morgan fingerprint density at radius 1 is 1.43 bits per heavy atom. The normalized spacial score (nSPS) is 28.4. The smallest absolute Gasteiger partial charge is 0.260 e. The Kier molecular flexibility index (Phi) is 3.39. The lowest BCUT2D eigenvalue weighted by Crippen LogP contribution is -2.40. The molecule has 1 atom stereocenters. The molecule has 23 heavy (non-hydrogen) atoms. The third-order valence-electron chi connectivity index (χ3n) is 5.05. The number of hydrogen-bond donors (Lipinski definition) is 2. The van der Waals surface area contributed by atoms with E-state index < -0.39 is 0 Å². The molecule has 2 heterocycles. The van der Waals surface area contributed by atoms with Crippen LogP contribution in [0.3, 0.4) is 0 Å². The number of nitrogens with one attached hydrogen (secondary N) is 2. The summed E-state index contributed by atoms with van der Waals surface area (Å²) in [6.45, 7) is 0. The standard InChI is InChI=1S/C17H18N2O3S/c1-22-11-6-17(7-11)8-14(17)19-16(21)12-5-10(9-18-15(12)20)13-3-2-4-23-13/h2-5,9,11,14H,6-8H2,1H3,(H,18,20)(H,19,21). The van der Waals surface area contributed by atoms with Crippen LogP contribution in [0.5, 0.6) is 0 Å². The van der Waals surface area contributed by atoms with E-state index in [1.165, 1.54) is 0 Å². The molecule has 120 valence electrons. The molecule has 6 heteroatoms. The Hall–Kier alpha value is -1.92. The largest absolute Gasteiger partial charge is 0.381 e. The van der Waals surface area contributed by atoms with Crippen molar-refractivity contribution in [3.8, 4) is 10.4 Å². The lowest BCUT2D eigenvalue weighted by Gasteiger charge is -2.35. The van der Waals surface area contributed by atoms with Crippen molar-refractivity contribution >= 4 is 17.2 Å². The van der Waals surface area contributed by atoms with E-state index in [1.54, 1.807) is 30.7 Å². The zero-order valence-electron chi connectivity index (χ0n) is 12.8. The molecule has 0 saturated heterocycles. The Balaban J connectivity index is 1.49. The van der Waals surface area contributed by atoms with E-state index >= 15 is 0 Å². The van der Waals surface area contributed by atoms with Crippen molar-refractivity contribution in [3.63, 3.8) is 0 Å². The predicted octanol–water partition coefficient (Wildman–Crippen LogP) is 2.40. The number of aromatic nitrogens is 1. The summed E-state index contributed by atoms with van der Waals surface area (Å²) in [5, 5.41) is 4.98. The fourth-order valence-electron chi connectivity index (χ4n) is 3.49. The van der Waals surface area contributed by atoms with Gasteiger partial charge < -0.3 is 15.0 Å². The average molecular weight is 330 g/mol. The monoisotopic (exact) mass is 330 g/mol. The van der Waals surface area contributed by atoms with Crippen molar-refractivity contribution in [1.82, 2.24) is 10.3 Å². The zero-order valence-corrected chi connectivity index (χ0v) is 13.6. The molecule has 0 radical (unpaired) electrons.